The first-order valence-corrected chi connectivity index (χ1v) is 14.1. The molecule has 5 rings (SSSR count). The van der Waals surface area contributed by atoms with Crippen molar-refractivity contribution in [3.05, 3.63) is 76.7 Å². The fraction of sp³-hybridized carbons (Fsp3) is 0.300. The molecule has 210 valence electrons. The van der Waals surface area contributed by atoms with Crippen molar-refractivity contribution in [1.82, 2.24) is 19.4 Å². The number of nitriles is 1. The highest BCUT2D eigenvalue weighted by atomic mass is 35.5. The number of rotatable bonds is 7. The van der Waals surface area contributed by atoms with Crippen LogP contribution in [0.2, 0.25) is 10.0 Å². The van der Waals surface area contributed by atoms with Gasteiger partial charge in [-0.25, -0.2) is 9.97 Å². The zero-order valence-corrected chi connectivity index (χ0v) is 24.2. The highest BCUT2D eigenvalue weighted by Crippen LogP contribution is 2.34. The number of likely N-dealkylation sites (N-methyl/N-ethyl adjacent to an activating group) is 1. The number of piperidine rings is 1. The molecule has 0 bridgehead atoms. The maximum absolute atomic E-state index is 13.6. The largest absolute Gasteiger partial charge is 0.354 e. The average molecular weight is 591 g/mol. The van der Waals surface area contributed by atoms with Crippen LogP contribution in [-0.4, -0.2) is 57.4 Å². The third-order valence-electron chi connectivity index (χ3n) is 7.64. The molecule has 0 radical (unpaired) electrons. The Kier molecular flexibility index (Phi) is 8.43. The molecule has 4 aromatic rings. The molecule has 2 atom stereocenters. The first-order valence-electron chi connectivity index (χ1n) is 13.3. The number of nitrogens with zero attached hydrogens (tertiary/aromatic N) is 6. The first-order chi connectivity index (χ1) is 19.8. The zero-order valence-electron chi connectivity index (χ0n) is 22.7. The Bertz CT molecular complexity index is 1630. The number of nitrogens with one attached hydrogen (secondary N) is 1. The van der Waals surface area contributed by atoms with E-state index in [-0.39, 0.29) is 30.7 Å². The highest BCUT2D eigenvalue weighted by Gasteiger charge is 2.33. The summed E-state index contributed by atoms with van der Waals surface area (Å²) in [6.45, 7) is 3.29. The minimum absolute atomic E-state index is 0.00173. The smallest absolute Gasteiger partial charge is 0.236 e. The van der Waals surface area contributed by atoms with Crippen molar-refractivity contribution in [2.45, 2.75) is 32.2 Å². The van der Waals surface area contributed by atoms with Crippen LogP contribution in [0.25, 0.3) is 11.0 Å². The molecular formula is C30H29Cl2N7O2. The summed E-state index contributed by atoms with van der Waals surface area (Å²) in [5.41, 5.74) is 2.59. The molecular weight excluding hydrogens is 561 g/mol. The molecule has 0 spiro atoms. The number of halogens is 2. The zero-order chi connectivity index (χ0) is 29.1. The maximum atomic E-state index is 13.6. The van der Waals surface area contributed by atoms with E-state index in [1.54, 1.807) is 33.9 Å². The second kappa shape index (κ2) is 12.2. The summed E-state index contributed by atoms with van der Waals surface area (Å²) in [5.74, 6) is 0.666. The van der Waals surface area contributed by atoms with Gasteiger partial charge in [0.2, 0.25) is 11.8 Å². The van der Waals surface area contributed by atoms with Crippen LogP contribution in [-0.2, 0) is 11.2 Å². The van der Waals surface area contributed by atoms with Gasteiger partial charge in [-0.3, -0.25) is 14.2 Å². The molecule has 3 heterocycles. The Morgan fingerprint density at radius 2 is 1.85 bits per heavy atom. The number of fused-ring (bicyclic) bond motifs is 1. The summed E-state index contributed by atoms with van der Waals surface area (Å²) < 4.78 is 1.54. The van der Waals surface area contributed by atoms with E-state index in [1.165, 1.54) is 6.33 Å². The molecule has 0 unspecified atom stereocenters. The summed E-state index contributed by atoms with van der Waals surface area (Å²) in [5, 5.41) is 13.9. The van der Waals surface area contributed by atoms with E-state index in [9.17, 15) is 9.59 Å². The SMILES string of the molecule is C[C@@H]1CCN(C(=O)CC#N)C[C@@H]1N(C)c1ncnc2c1ccn2C(=O)Cc1ccccc1Nc1c(Cl)cccc1Cl. The quantitative estimate of drug-likeness (QED) is 0.283. The van der Waals surface area contributed by atoms with Gasteiger partial charge in [0, 0.05) is 32.0 Å². The van der Waals surface area contributed by atoms with E-state index in [1.807, 2.05) is 43.4 Å². The Morgan fingerprint density at radius 1 is 1.10 bits per heavy atom. The Hall–Kier alpha value is -4.13. The number of aromatic nitrogens is 3. The van der Waals surface area contributed by atoms with Gasteiger partial charge < -0.3 is 15.1 Å². The van der Waals surface area contributed by atoms with Crippen LogP contribution < -0.4 is 10.2 Å². The highest BCUT2D eigenvalue weighted by molar-refractivity contribution is 6.39. The maximum Gasteiger partial charge on any atom is 0.236 e. The molecule has 1 amide bonds. The van der Waals surface area contributed by atoms with Crippen molar-refractivity contribution in [3.8, 4) is 6.07 Å². The van der Waals surface area contributed by atoms with Crippen molar-refractivity contribution >= 4 is 63.2 Å². The van der Waals surface area contributed by atoms with Gasteiger partial charge >= 0.3 is 0 Å². The van der Waals surface area contributed by atoms with Gasteiger partial charge in [0.25, 0.3) is 0 Å². The molecule has 1 N–H and O–H groups in total. The monoisotopic (exact) mass is 589 g/mol. The van der Waals surface area contributed by atoms with Crippen LogP contribution in [0.1, 0.15) is 30.1 Å². The second-order valence-electron chi connectivity index (χ2n) is 10.2. The molecule has 11 heteroatoms. The molecule has 1 aliphatic rings. The molecule has 2 aromatic heterocycles. The molecule has 1 saturated heterocycles. The van der Waals surface area contributed by atoms with Crippen LogP contribution in [0.4, 0.5) is 17.2 Å². The summed E-state index contributed by atoms with van der Waals surface area (Å²) >= 11 is 12.7. The van der Waals surface area contributed by atoms with E-state index >= 15 is 0 Å². The molecule has 2 aromatic carbocycles. The fourth-order valence-electron chi connectivity index (χ4n) is 5.33. The number of likely N-dealkylation sites (tertiary alicyclic amines) is 1. The minimum atomic E-state index is -0.161. The molecule has 0 aliphatic carbocycles. The van der Waals surface area contributed by atoms with E-state index in [2.05, 4.69) is 27.1 Å². The molecule has 41 heavy (non-hydrogen) atoms. The summed E-state index contributed by atoms with van der Waals surface area (Å²) in [6, 6.07) is 16.6. The van der Waals surface area contributed by atoms with Crippen molar-refractivity contribution in [2.24, 2.45) is 5.92 Å². The number of carbonyl (C=O) groups excluding carboxylic acids is 2. The lowest BCUT2D eigenvalue weighted by Gasteiger charge is -2.42. The number of para-hydroxylation sites is 2. The predicted octanol–water partition coefficient (Wildman–Crippen LogP) is 5.95. The molecule has 9 nitrogen and oxygen atoms in total. The van der Waals surface area contributed by atoms with E-state index in [0.29, 0.717) is 46.2 Å². The summed E-state index contributed by atoms with van der Waals surface area (Å²) in [7, 11) is 1.95. The second-order valence-corrected chi connectivity index (χ2v) is 11.0. The summed E-state index contributed by atoms with van der Waals surface area (Å²) in [6.07, 6.45) is 3.98. The predicted molar refractivity (Wildman–Crippen MR) is 161 cm³/mol. The van der Waals surface area contributed by atoms with Crippen LogP contribution >= 0.6 is 23.2 Å². The van der Waals surface area contributed by atoms with E-state index < -0.39 is 0 Å². The number of anilines is 3. The molecule has 1 aliphatic heterocycles. The Balaban J connectivity index is 1.39. The lowest BCUT2D eigenvalue weighted by atomic mass is 9.92. The van der Waals surface area contributed by atoms with Gasteiger partial charge in [-0.15, -0.1) is 0 Å². The van der Waals surface area contributed by atoms with Crippen LogP contribution in [0.15, 0.2) is 61.1 Å². The normalized spacial score (nSPS) is 16.8. The topological polar surface area (TPSA) is 107 Å². The fourth-order valence-corrected chi connectivity index (χ4v) is 5.82. The lowest BCUT2D eigenvalue weighted by Crippen LogP contribution is -2.52. The van der Waals surface area contributed by atoms with Gasteiger partial charge in [0.1, 0.15) is 18.6 Å². The van der Waals surface area contributed by atoms with E-state index in [4.69, 9.17) is 28.5 Å². The number of amides is 1. The van der Waals surface area contributed by atoms with Gasteiger partial charge in [0.05, 0.1) is 39.7 Å². The van der Waals surface area contributed by atoms with Gasteiger partial charge in [-0.05, 0) is 42.2 Å². The third-order valence-corrected chi connectivity index (χ3v) is 8.27. The first kappa shape index (κ1) is 28.4. The van der Waals surface area contributed by atoms with Gasteiger partial charge in [0.15, 0.2) is 5.65 Å². The standard InChI is InChI=1S/C30H29Cl2N7O2/c1-19-11-14-38(26(40)10-13-33)17-25(19)37(2)29-21-12-15-39(30(21)35-18-34-29)27(41)16-20-6-3-4-9-24(20)36-28-22(31)7-5-8-23(28)32/h3-9,12,15,18-19,25,36H,10-11,14,16-17H2,1-2H3/t19-,25+/m1/s1. The van der Waals surface area contributed by atoms with Crippen molar-refractivity contribution in [1.29, 1.82) is 5.26 Å². The minimum Gasteiger partial charge on any atom is -0.354 e. The number of hydrogen-bond donors (Lipinski definition) is 1. The van der Waals surface area contributed by atoms with Crippen molar-refractivity contribution in [3.63, 3.8) is 0 Å². The average Bonchev–Trinajstić information content (AvgIpc) is 3.40. The van der Waals surface area contributed by atoms with Crippen molar-refractivity contribution in [2.75, 3.05) is 30.4 Å². The molecule has 1 fully saturated rings. The van der Waals surface area contributed by atoms with Crippen LogP contribution in [0, 0.1) is 17.2 Å². The molecule has 0 saturated carbocycles. The van der Waals surface area contributed by atoms with Gasteiger partial charge in [-0.2, -0.15) is 5.26 Å². The van der Waals surface area contributed by atoms with Crippen LogP contribution in [0.3, 0.4) is 0 Å². The van der Waals surface area contributed by atoms with Crippen molar-refractivity contribution < 1.29 is 9.59 Å². The van der Waals surface area contributed by atoms with E-state index in [0.717, 1.165) is 23.1 Å². The van der Waals surface area contributed by atoms with Gasteiger partial charge in [-0.1, -0.05) is 54.4 Å². The number of hydrogen-bond acceptors (Lipinski definition) is 7. The summed E-state index contributed by atoms with van der Waals surface area (Å²) in [4.78, 5) is 38.8. The lowest BCUT2D eigenvalue weighted by molar-refractivity contribution is -0.131. The number of benzene rings is 2. The Morgan fingerprint density at radius 3 is 2.61 bits per heavy atom. The Labute approximate surface area is 248 Å². The number of carbonyl (C=O) groups is 2. The van der Waals surface area contributed by atoms with Crippen LogP contribution in [0.5, 0.6) is 0 Å². The third kappa shape index (κ3) is 5.85.